The van der Waals surface area contributed by atoms with E-state index in [2.05, 4.69) is 25.9 Å². The van der Waals surface area contributed by atoms with Gasteiger partial charge >= 0.3 is 6.09 Å². The number of halogens is 2. The Morgan fingerprint density at radius 2 is 2.40 bits per heavy atom. The van der Waals surface area contributed by atoms with Gasteiger partial charge in [-0.15, -0.1) is 0 Å². The molecule has 3 rings (SSSR count). The van der Waals surface area contributed by atoms with E-state index in [0.29, 0.717) is 28.2 Å². The highest BCUT2D eigenvalue weighted by Gasteiger charge is 2.30. The van der Waals surface area contributed by atoms with Gasteiger partial charge in [-0.2, -0.15) is 0 Å². The van der Waals surface area contributed by atoms with Gasteiger partial charge in [0.2, 0.25) is 0 Å². The number of imidazole rings is 1. The van der Waals surface area contributed by atoms with E-state index in [4.69, 9.17) is 11.6 Å². The molecule has 0 radical (unpaired) electrons. The molecule has 20 heavy (non-hydrogen) atoms. The molecule has 0 aromatic carbocycles. The minimum absolute atomic E-state index is 0.0306. The highest BCUT2D eigenvalue weighted by molar-refractivity contribution is 9.10. The number of nitrogens with zero attached hydrogens (tertiary/aromatic N) is 4. The summed E-state index contributed by atoms with van der Waals surface area (Å²) in [4.78, 5) is 21.1. The fourth-order valence-electron chi connectivity index (χ4n) is 2.67. The Labute approximate surface area is 128 Å². The summed E-state index contributed by atoms with van der Waals surface area (Å²) in [6.07, 6.45) is 4.85. The maximum absolute atomic E-state index is 11.2. The first-order chi connectivity index (χ1) is 9.58. The zero-order chi connectivity index (χ0) is 14.3. The second-order valence-electron chi connectivity index (χ2n) is 4.73. The molecule has 1 fully saturated rings. The lowest BCUT2D eigenvalue weighted by atomic mass is 10.1. The standard InChI is InChI=1S/C12H12BrClN4O2/c13-10-9-11(14)15-3-5-18(9)8(16-10)6-7-2-1-4-17(7)12(19)20/h3,5,7H,1-2,4,6H2,(H,19,20). The van der Waals surface area contributed by atoms with Gasteiger partial charge in [0.25, 0.3) is 0 Å². The van der Waals surface area contributed by atoms with Crippen LogP contribution in [0.3, 0.4) is 0 Å². The second-order valence-corrected chi connectivity index (χ2v) is 5.84. The molecular formula is C12H12BrClN4O2. The minimum atomic E-state index is -0.868. The van der Waals surface area contributed by atoms with Gasteiger partial charge in [-0.05, 0) is 28.8 Å². The summed E-state index contributed by atoms with van der Waals surface area (Å²) in [6.45, 7) is 0.590. The second kappa shape index (κ2) is 5.21. The lowest BCUT2D eigenvalue weighted by molar-refractivity contribution is 0.139. The lowest BCUT2D eigenvalue weighted by Crippen LogP contribution is -2.35. The predicted molar refractivity (Wildman–Crippen MR) is 77.2 cm³/mol. The zero-order valence-electron chi connectivity index (χ0n) is 10.5. The fourth-order valence-corrected chi connectivity index (χ4v) is 3.61. The SMILES string of the molecule is O=C(O)N1CCCC1Cc1nc(Br)c2c(Cl)nccn12. The van der Waals surface area contributed by atoms with E-state index in [1.165, 1.54) is 4.90 Å². The molecule has 8 heteroatoms. The van der Waals surface area contributed by atoms with Crippen LogP contribution in [0, 0.1) is 0 Å². The molecule has 2 aromatic heterocycles. The van der Waals surface area contributed by atoms with Crippen molar-refractivity contribution in [3.8, 4) is 0 Å². The van der Waals surface area contributed by atoms with E-state index in [1.807, 2.05) is 4.40 Å². The molecule has 1 N–H and O–H groups in total. The van der Waals surface area contributed by atoms with Gasteiger partial charge in [-0.1, -0.05) is 11.6 Å². The Balaban J connectivity index is 1.96. The summed E-state index contributed by atoms with van der Waals surface area (Å²) in [7, 11) is 0. The summed E-state index contributed by atoms with van der Waals surface area (Å²) in [5, 5.41) is 9.56. The molecule has 106 valence electrons. The number of aromatic nitrogens is 3. The molecule has 1 saturated heterocycles. The van der Waals surface area contributed by atoms with Gasteiger partial charge in [-0.3, -0.25) is 4.40 Å². The van der Waals surface area contributed by atoms with Crippen LogP contribution in [0.1, 0.15) is 18.7 Å². The first kappa shape index (κ1) is 13.6. The van der Waals surface area contributed by atoms with Gasteiger partial charge < -0.3 is 10.0 Å². The number of hydrogen-bond acceptors (Lipinski definition) is 3. The largest absolute Gasteiger partial charge is 0.465 e. The van der Waals surface area contributed by atoms with Gasteiger partial charge in [0.05, 0.1) is 0 Å². The molecule has 1 atom stereocenters. The number of rotatable bonds is 2. The molecule has 1 aliphatic rings. The highest BCUT2D eigenvalue weighted by Crippen LogP contribution is 2.27. The van der Waals surface area contributed by atoms with Crippen molar-refractivity contribution in [1.29, 1.82) is 0 Å². The van der Waals surface area contributed by atoms with Gasteiger partial charge in [-0.25, -0.2) is 14.8 Å². The summed E-state index contributed by atoms with van der Waals surface area (Å²) in [5.41, 5.74) is 0.712. The Morgan fingerprint density at radius 1 is 1.60 bits per heavy atom. The smallest absolute Gasteiger partial charge is 0.407 e. The van der Waals surface area contributed by atoms with Crippen LogP contribution < -0.4 is 0 Å². The molecular weight excluding hydrogens is 348 g/mol. The van der Waals surface area contributed by atoms with Crippen molar-refractivity contribution >= 4 is 39.1 Å². The van der Waals surface area contributed by atoms with Crippen LogP contribution in [0.2, 0.25) is 5.15 Å². The summed E-state index contributed by atoms with van der Waals surface area (Å²) < 4.78 is 2.49. The average molecular weight is 360 g/mol. The fraction of sp³-hybridized carbons (Fsp3) is 0.417. The molecule has 1 amide bonds. The van der Waals surface area contributed by atoms with Crippen LogP contribution >= 0.6 is 27.5 Å². The van der Waals surface area contributed by atoms with Crippen molar-refractivity contribution in [1.82, 2.24) is 19.3 Å². The van der Waals surface area contributed by atoms with Gasteiger partial charge in [0, 0.05) is 31.4 Å². The Morgan fingerprint density at radius 3 is 3.15 bits per heavy atom. The topological polar surface area (TPSA) is 70.7 Å². The monoisotopic (exact) mass is 358 g/mol. The predicted octanol–water partition coefficient (Wildman–Crippen LogP) is 2.83. The number of likely N-dealkylation sites (tertiary alicyclic amines) is 1. The highest BCUT2D eigenvalue weighted by atomic mass is 79.9. The zero-order valence-corrected chi connectivity index (χ0v) is 12.8. The van der Waals surface area contributed by atoms with E-state index in [-0.39, 0.29) is 6.04 Å². The molecule has 2 aromatic rings. The third kappa shape index (κ3) is 2.25. The Kier molecular flexibility index (Phi) is 3.55. The molecule has 0 saturated carbocycles. The van der Waals surface area contributed by atoms with E-state index in [0.717, 1.165) is 18.7 Å². The van der Waals surface area contributed by atoms with Crippen molar-refractivity contribution in [2.45, 2.75) is 25.3 Å². The van der Waals surface area contributed by atoms with Crippen LogP contribution in [-0.4, -0.2) is 43.1 Å². The molecule has 1 unspecified atom stereocenters. The van der Waals surface area contributed by atoms with E-state index in [9.17, 15) is 9.90 Å². The van der Waals surface area contributed by atoms with E-state index < -0.39 is 6.09 Å². The normalized spacial score (nSPS) is 18.9. The van der Waals surface area contributed by atoms with Crippen molar-refractivity contribution in [2.24, 2.45) is 0 Å². The number of fused-ring (bicyclic) bond motifs is 1. The molecule has 0 aliphatic carbocycles. The molecule has 0 bridgehead atoms. The van der Waals surface area contributed by atoms with E-state index in [1.54, 1.807) is 12.4 Å². The number of amides is 1. The van der Waals surface area contributed by atoms with Crippen molar-refractivity contribution in [3.05, 3.63) is 28.0 Å². The first-order valence-corrected chi connectivity index (χ1v) is 7.41. The number of hydrogen-bond donors (Lipinski definition) is 1. The summed E-state index contributed by atoms with van der Waals surface area (Å²) in [6, 6.07) is -0.0306. The van der Waals surface area contributed by atoms with Crippen LogP contribution in [0.5, 0.6) is 0 Å². The van der Waals surface area contributed by atoms with Crippen molar-refractivity contribution in [3.63, 3.8) is 0 Å². The van der Waals surface area contributed by atoms with Crippen LogP contribution in [-0.2, 0) is 6.42 Å². The third-order valence-electron chi connectivity index (χ3n) is 3.58. The summed E-state index contributed by atoms with van der Waals surface area (Å²) in [5.74, 6) is 0.786. The Hall–Kier alpha value is -1.34. The number of carbonyl (C=O) groups is 1. The lowest BCUT2D eigenvalue weighted by Gasteiger charge is -2.20. The average Bonchev–Trinajstić information content (AvgIpc) is 2.97. The van der Waals surface area contributed by atoms with Crippen molar-refractivity contribution < 1.29 is 9.90 Å². The van der Waals surface area contributed by atoms with Gasteiger partial charge in [0.1, 0.15) is 15.9 Å². The third-order valence-corrected chi connectivity index (χ3v) is 4.41. The van der Waals surface area contributed by atoms with Gasteiger partial charge in [0.15, 0.2) is 5.15 Å². The molecule has 6 nitrogen and oxygen atoms in total. The Bertz CT molecular complexity index is 675. The van der Waals surface area contributed by atoms with Crippen LogP contribution in [0.25, 0.3) is 5.52 Å². The maximum atomic E-state index is 11.2. The number of carboxylic acid groups (broad SMARTS) is 1. The molecule has 1 aliphatic heterocycles. The molecule has 3 heterocycles. The summed E-state index contributed by atoms with van der Waals surface area (Å²) >= 11 is 9.44. The van der Waals surface area contributed by atoms with E-state index >= 15 is 0 Å². The molecule has 0 spiro atoms. The van der Waals surface area contributed by atoms with Crippen LogP contribution in [0.15, 0.2) is 17.0 Å². The van der Waals surface area contributed by atoms with Crippen LogP contribution in [0.4, 0.5) is 4.79 Å². The maximum Gasteiger partial charge on any atom is 0.407 e. The first-order valence-electron chi connectivity index (χ1n) is 6.24. The quantitative estimate of drug-likeness (QED) is 0.895. The minimum Gasteiger partial charge on any atom is -0.465 e. The van der Waals surface area contributed by atoms with Crippen molar-refractivity contribution in [2.75, 3.05) is 6.54 Å².